The van der Waals surface area contributed by atoms with Crippen LogP contribution in [0.1, 0.15) is 15.9 Å². The second kappa shape index (κ2) is 8.76. The largest absolute Gasteiger partial charge is 0.497 e. The van der Waals surface area contributed by atoms with Crippen LogP contribution in [0.2, 0.25) is 0 Å². The van der Waals surface area contributed by atoms with Gasteiger partial charge in [0.15, 0.2) is 0 Å². The molecular formula is C19H16N4O2. The third kappa shape index (κ3) is 4.85. The number of rotatable bonds is 6. The highest BCUT2D eigenvalue weighted by Gasteiger charge is 2.10. The zero-order chi connectivity index (χ0) is 18.1. The van der Waals surface area contributed by atoms with Gasteiger partial charge in [-0.15, -0.1) is 0 Å². The number of nitriles is 2. The maximum absolute atomic E-state index is 12.4. The van der Waals surface area contributed by atoms with Gasteiger partial charge in [-0.1, -0.05) is 24.3 Å². The zero-order valence-corrected chi connectivity index (χ0v) is 13.6. The van der Waals surface area contributed by atoms with Crippen LogP contribution in [0.3, 0.4) is 0 Å². The van der Waals surface area contributed by atoms with Gasteiger partial charge in [-0.3, -0.25) is 4.79 Å². The Hall–Kier alpha value is -3.77. The number of hydrogen-bond acceptors (Lipinski definition) is 5. The average Bonchev–Trinajstić information content (AvgIpc) is 2.67. The molecule has 2 aromatic rings. The topological polar surface area (TPSA) is 97.9 Å². The molecule has 0 heterocycles. The van der Waals surface area contributed by atoms with Crippen molar-refractivity contribution in [2.75, 3.05) is 12.4 Å². The third-order valence-electron chi connectivity index (χ3n) is 3.40. The second-order valence-corrected chi connectivity index (χ2v) is 5.00. The molecule has 0 unspecified atom stereocenters. The number of amides is 1. The fraction of sp³-hybridized carbons (Fsp3) is 0.105. The van der Waals surface area contributed by atoms with Crippen LogP contribution in [-0.4, -0.2) is 13.0 Å². The molecule has 6 nitrogen and oxygen atoms in total. The Labute approximate surface area is 146 Å². The van der Waals surface area contributed by atoms with Gasteiger partial charge in [0.2, 0.25) is 0 Å². The van der Waals surface area contributed by atoms with Crippen molar-refractivity contribution in [2.45, 2.75) is 6.54 Å². The van der Waals surface area contributed by atoms with Crippen LogP contribution >= 0.6 is 0 Å². The van der Waals surface area contributed by atoms with Crippen molar-refractivity contribution < 1.29 is 9.53 Å². The van der Waals surface area contributed by atoms with Crippen molar-refractivity contribution in [3.05, 3.63) is 71.4 Å². The molecule has 2 aromatic carbocycles. The molecule has 0 saturated carbocycles. The molecule has 0 aliphatic rings. The highest BCUT2D eigenvalue weighted by atomic mass is 16.5. The number of benzene rings is 2. The lowest BCUT2D eigenvalue weighted by Crippen LogP contribution is -2.23. The highest BCUT2D eigenvalue weighted by Crippen LogP contribution is 2.16. The van der Waals surface area contributed by atoms with Crippen molar-refractivity contribution in [3.63, 3.8) is 0 Å². The van der Waals surface area contributed by atoms with Gasteiger partial charge in [-0.25, -0.2) is 0 Å². The number of anilines is 1. The molecule has 124 valence electrons. The lowest BCUT2D eigenvalue weighted by molar-refractivity contribution is 0.0951. The number of para-hydroxylation sites is 1. The fourth-order valence-corrected chi connectivity index (χ4v) is 2.07. The second-order valence-electron chi connectivity index (χ2n) is 5.00. The van der Waals surface area contributed by atoms with Crippen LogP contribution in [0.4, 0.5) is 5.69 Å². The Bertz CT molecular complexity index is 842. The molecule has 0 saturated heterocycles. The first kappa shape index (κ1) is 17.6. The van der Waals surface area contributed by atoms with Crippen molar-refractivity contribution in [1.82, 2.24) is 5.32 Å². The quantitative estimate of drug-likeness (QED) is 0.793. The number of hydrogen-bond donors (Lipinski definition) is 2. The van der Waals surface area contributed by atoms with Gasteiger partial charge in [0, 0.05) is 12.7 Å². The van der Waals surface area contributed by atoms with Crippen molar-refractivity contribution in [3.8, 4) is 17.9 Å². The Morgan fingerprint density at radius 1 is 1.12 bits per heavy atom. The number of nitrogens with one attached hydrogen (secondary N) is 2. The predicted octanol–water partition coefficient (Wildman–Crippen LogP) is 2.97. The summed E-state index contributed by atoms with van der Waals surface area (Å²) in [5, 5.41) is 23.2. The smallest absolute Gasteiger partial charge is 0.253 e. The van der Waals surface area contributed by atoms with E-state index in [9.17, 15) is 4.79 Å². The molecule has 0 fully saturated rings. The van der Waals surface area contributed by atoms with Gasteiger partial charge in [-0.2, -0.15) is 10.5 Å². The van der Waals surface area contributed by atoms with Crippen molar-refractivity contribution in [2.24, 2.45) is 0 Å². The molecule has 2 rings (SSSR count). The Morgan fingerprint density at radius 3 is 2.44 bits per heavy atom. The number of allylic oxidation sites excluding steroid dienone is 1. The number of carbonyl (C=O) groups is 1. The average molecular weight is 332 g/mol. The van der Waals surface area contributed by atoms with E-state index in [0.717, 1.165) is 11.3 Å². The van der Waals surface area contributed by atoms with E-state index in [1.807, 2.05) is 24.3 Å². The van der Waals surface area contributed by atoms with Crippen LogP contribution in [0, 0.1) is 22.7 Å². The summed E-state index contributed by atoms with van der Waals surface area (Å²) in [6.45, 7) is 0.370. The van der Waals surface area contributed by atoms with E-state index in [2.05, 4.69) is 10.6 Å². The molecule has 0 aliphatic carbocycles. The Morgan fingerprint density at radius 2 is 1.80 bits per heavy atom. The summed E-state index contributed by atoms with van der Waals surface area (Å²) in [7, 11) is 1.60. The minimum atomic E-state index is -0.261. The SMILES string of the molecule is COc1ccc(CNC(=O)c2ccccc2NC=C(C#N)C#N)cc1. The van der Waals surface area contributed by atoms with Crippen molar-refractivity contribution >= 4 is 11.6 Å². The van der Waals surface area contributed by atoms with Gasteiger partial charge in [0.1, 0.15) is 23.5 Å². The minimum absolute atomic E-state index is 0.0755. The third-order valence-corrected chi connectivity index (χ3v) is 3.40. The molecule has 0 bridgehead atoms. The van der Waals surface area contributed by atoms with Crippen LogP contribution in [0.15, 0.2) is 60.3 Å². The predicted molar refractivity (Wildman–Crippen MR) is 93.5 cm³/mol. The minimum Gasteiger partial charge on any atom is -0.497 e. The summed E-state index contributed by atoms with van der Waals surface area (Å²) in [5.74, 6) is 0.491. The van der Waals surface area contributed by atoms with E-state index in [4.69, 9.17) is 15.3 Å². The maximum Gasteiger partial charge on any atom is 0.253 e. The van der Waals surface area contributed by atoms with E-state index in [0.29, 0.717) is 17.8 Å². The molecule has 0 atom stereocenters. The van der Waals surface area contributed by atoms with Crippen LogP contribution in [0.5, 0.6) is 5.75 Å². The number of carbonyl (C=O) groups excluding carboxylic acids is 1. The molecule has 0 radical (unpaired) electrons. The molecule has 1 amide bonds. The Balaban J connectivity index is 2.07. The Kier molecular flexibility index (Phi) is 6.16. The molecule has 0 aromatic heterocycles. The maximum atomic E-state index is 12.4. The summed E-state index contributed by atoms with van der Waals surface area (Å²) < 4.78 is 5.10. The molecule has 2 N–H and O–H groups in total. The lowest BCUT2D eigenvalue weighted by Gasteiger charge is -2.10. The van der Waals surface area contributed by atoms with E-state index in [-0.39, 0.29) is 11.5 Å². The standard InChI is InChI=1S/C19H16N4O2/c1-25-16-8-6-14(7-9-16)12-23-19(24)17-4-2-3-5-18(17)22-13-15(10-20)11-21/h2-9,13,22H,12H2,1H3,(H,23,24). The van der Waals surface area contributed by atoms with E-state index in [1.54, 1.807) is 43.5 Å². The molecule has 0 spiro atoms. The van der Waals surface area contributed by atoms with Crippen LogP contribution in [0.25, 0.3) is 0 Å². The van der Waals surface area contributed by atoms with E-state index < -0.39 is 0 Å². The lowest BCUT2D eigenvalue weighted by atomic mass is 10.1. The first-order valence-electron chi connectivity index (χ1n) is 7.45. The van der Waals surface area contributed by atoms with Gasteiger partial charge in [0.05, 0.1) is 18.4 Å². The summed E-state index contributed by atoms with van der Waals surface area (Å²) in [5.41, 5.74) is 1.80. The normalized spacial score (nSPS) is 9.24. The van der Waals surface area contributed by atoms with Crippen molar-refractivity contribution in [1.29, 1.82) is 10.5 Å². The number of ether oxygens (including phenoxy) is 1. The first-order chi connectivity index (χ1) is 12.2. The monoisotopic (exact) mass is 332 g/mol. The molecule has 0 aliphatic heterocycles. The summed E-state index contributed by atoms with van der Waals surface area (Å²) in [4.78, 5) is 12.4. The number of methoxy groups -OCH3 is 1. The van der Waals surface area contributed by atoms with Crippen LogP contribution in [-0.2, 0) is 6.54 Å². The van der Waals surface area contributed by atoms with Gasteiger partial charge in [0.25, 0.3) is 5.91 Å². The summed E-state index contributed by atoms with van der Waals surface area (Å²) in [6, 6.07) is 17.8. The van der Waals surface area contributed by atoms with Gasteiger partial charge < -0.3 is 15.4 Å². The zero-order valence-electron chi connectivity index (χ0n) is 13.6. The first-order valence-corrected chi connectivity index (χ1v) is 7.45. The summed E-state index contributed by atoms with van der Waals surface area (Å²) >= 11 is 0. The van der Waals surface area contributed by atoms with E-state index in [1.165, 1.54) is 6.20 Å². The van der Waals surface area contributed by atoms with Gasteiger partial charge in [-0.05, 0) is 29.8 Å². The summed E-state index contributed by atoms with van der Waals surface area (Å²) in [6.07, 6.45) is 1.27. The molecular weight excluding hydrogens is 316 g/mol. The van der Waals surface area contributed by atoms with Crippen LogP contribution < -0.4 is 15.4 Å². The van der Waals surface area contributed by atoms with E-state index >= 15 is 0 Å². The fourth-order valence-electron chi connectivity index (χ4n) is 2.07. The van der Waals surface area contributed by atoms with Gasteiger partial charge >= 0.3 is 0 Å². The molecule has 6 heteroatoms. The number of nitrogens with zero attached hydrogens (tertiary/aromatic N) is 2. The highest BCUT2D eigenvalue weighted by molar-refractivity contribution is 5.99. The molecule has 25 heavy (non-hydrogen) atoms.